The average Bonchev–Trinajstić information content (AvgIpc) is 3.42. The molecule has 0 aliphatic carbocycles. The van der Waals surface area contributed by atoms with Crippen LogP contribution in [0.25, 0.3) is 0 Å². The number of nitrogens with two attached hydrogens (primary N) is 2. The van der Waals surface area contributed by atoms with Crippen molar-refractivity contribution < 1.29 is 19.2 Å². The molecule has 4 unspecified atom stereocenters. The van der Waals surface area contributed by atoms with E-state index in [0.29, 0.717) is 27.8 Å². The Bertz CT molecular complexity index is 885. The smallest absolute Gasteiger partial charge is 0.236 e. The quantitative estimate of drug-likeness (QED) is 0.0640. The third-order valence-electron chi connectivity index (χ3n) is 8.84. The van der Waals surface area contributed by atoms with Gasteiger partial charge in [0.05, 0.1) is 11.8 Å². The highest BCUT2D eigenvalue weighted by Crippen LogP contribution is 2.40. The van der Waals surface area contributed by atoms with E-state index in [1.165, 1.54) is 74.0 Å². The van der Waals surface area contributed by atoms with Crippen LogP contribution in [0.2, 0.25) is 0 Å². The fourth-order valence-corrected chi connectivity index (χ4v) is 7.51. The molecule has 0 aromatic heterocycles. The van der Waals surface area contributed by atoms with Gasteiger partial charge in [0.1, 0.15) is 0 Å². The maximum Gasteiger partial charge on any atom is 0.236 e. The van der Waals surface area contributed by atoms with Crippen LogP contribution in [0.1, 0.15) is 135 Å². The Kier molecular flexibility index (Phi) is 20.5. The molecule has 0 aromatic rings. The van der Waals surface area contributed by atoms with E-state index in [2.05, 4.69) is 8.93 Å². The van der Waals surface area contributed by atoms with Gasteiger partial charge in [0.25, 0.3) is 0 Å². The van der Waals surface area contributed by atoms with Crippen LogP contribution in [0.3, 0.4) is 0 Å². The maximum atomic E-state index is 13.1. The highest BCUT2D eigenvalue weighted by atomic mass is 32.0. The normalized spacial score (nSPS) is 19.7. The second-order valence-corrected chi connectivity index (χ2v) is 14.3. The van der Waals surface area contributed by atoms with Gasteiger partial charge >= 0.3 is 0 Å². The molecular formula is C33H60N4O4P2. The number of rotatable bonds is 26. The van der Waals surface area contributed by atoms with E-state index in [4.69, 9.17) is 11.5 Å². The predicted octanol–water partition coefficient (Wildman–Crippen LogP) is 6.42. The van der Waals surface area contributed by atoms with Crippen LogP contribution in [0, 0.1) is 11.8 Å². The molecule has 8 nitrogen and oxygen atoms in total. The fourth-order valence-electron chi connectivity index (χ4n) is 6.21. The molecule has 4 N–H and O–H groups in total. The summed E-state index contributed by atoms with van der Waals surface area (Å²) in [5, 5.41) is 0.990. The van der Waals surface area contributed by atoms with E-state index in [1.807, 2.05) is 6.08 Å². The van der Waals surface area contributed by atoms with Gasteiger partial charge in [-0.3, -0.25) is 29.0 Å². The van der Waals surface area contributed by atoms with Crippen molar-refractivity contribution >= 4 is 40.8 Å². The van der Waals surface area contributed by atoms with E-state index in [-0.39, 0.29) is 42.4 Å². The summed E-state index contributed by atoms with van der Waals surface area (Å²) in [4.78, 5) is 54.3. The maximum absolute atomic E-state index is 13.1. The highest BCUT2D eigenvalue weighted by Gasteiger charge is 2.40. The van der Waals surface area contributed by atoms with Crippen molar-refractivity contribution in [3.63, 3.8) is 0 Å². The van der Waals surface area contributed by atoms with Crippen LogP contribution in [-0.4, -0.2) is 59.6 Å². The van der Waals surface area contributed by atoms with Crippen LogP contribution < -0.4 is 11.5 Å². The molecule has 0 bridgehead atoms. The summed E-state index contributed by atoms with van der Waals surface area (Å²) in [5.74, 6) is -1.17. The Morgan fingerprint density at radius 1 is 0.628 bits per heavy atom. The number of imide groups is 2. The zero-order chi connectivity index (χ0) is 31.3. The molecule has 2 saturated heterocycles. The number of carbonyl (C=O) groups is 4. The van der Waals surface area contributed by atoms with Crippen molar-refractivity contribution in [3.05, 3.63) is 11.4 Å². The summed E-state index contributed by atoms with van der Waals surface area (Å²) < 4.78 is 0. The van der Waals surface area contributed by atoms with Gasteiger partial charge in [-0.1, -0.05) is 104 Å². The van der Waals surface area contributed by atoms with Crippen LogP contribution in [0.4, 0.5) is 0 Å². The van der Waals surface area contributed by atoms with Gasteiger partial charge in [-0.25, -0.2) is 0 Å². The molecule has 0 saturated carbocycles. The Labute approximate surface area is 265 Å². The van der Waals surface area contributed by atoms with Gasteiger partial charge in [-0.15, -0.1) is 8.93 Å². The third-order valence-corrected chi connectivity index (χ3v) is 10.7. The van der Waals surface area contributed by atoms with E-state index >= 15 is 0 Å². The van der Waals surface area contributed by atoms with Crippen molar-refractivity contribution in [1.29, 1.82) is 0 Å². The predicted molar refractivity (Wildman–Crippen MR) is 182 cm³/mol. The van der Waals surface area contributed by atoms with Crippen molar-refractivity contribution in [2.45, 2.75) is 135 Å². The molecule has 246 valence electrons. The molecule has 2 aliphatic heterocycles. The van der Waals surface area contributed by atoms with Gasteiger partial charge in [0.2, 0.25) is 23.6 Å². The standard InChI is InChI=1S/C33H60N4O4P2/c34-19-15-11-7-3-1-5-9-13-17-21-36-30(38)25-27(32(36)40)23-29(43-42)24-28-26-31(39)37(33(28)41)22-18-14-10-6-2-4-8-12-16-20-35/h23,27-28,43H,1-22,24-26,34-35,42H2. The molecule has 4 atom stereocenters. The Morgan fingerprint density at radius 3 is 1.47 bits per heavy atom. The number of unbranched alkanes of at least 4 members (excludes halogenated alkanes) is 16. The minimum Gasteiger partial charge on any atom is -0.330 e. The van der Waals surface area contributed by atoms with E-state index in [1.54, 1.807) is 0 Å². The van der Waals surface area contributed by atoms with E-state index < -0.39 is 5.92 Å². The monoisotopic (exact) mass is 638 g/mol. The number of likely N-dealkylation sites (tertiary alicyclic amines) is 2. The SMILES string of the molecule is NCCCCCCCCCCCN1C(=O)CC(C=C(CC2CC(=O)N(CCCCCCCCCCCN)C2=O)PP)C1=O. The van der Waals surface area contributed by atoms with Gasteiger partial charge in [0, 0.05) is 25.9 Å². The average molecular weight is 639 g/mol. The van der Waals surface area contributed by atoms with Gasteiger partial charge in [0.15, 0.2) is 0 Å². The van der Waals surface area contributed by atoms with Crippen molar-refractivity contribution in [2.24, 2.45) is 23.3 Å². The lowest BCUT2D eigenvalue weighted by atomic mass is 10.0. The summed E-state index contributed by atoms with van der Waals surface area (Å²) in [7, 11) is 3.06. The first-order chi connectivity index (χ1) is 20.9. The zero-order valence-corrected chi connectivity index (χ0v) is 28.8. The third kappa shape index (κ3) is 14.6. The van der Waals surface area contributed by atoms with Crippen LogP contribution in [-0.2, 0) is 19.2 Å². The van der Waals surface area contributed by atoms with Crippen LogP contribution in [0.15, 0.2) is 11.4 Å². The lowest BCUT2D eigenvalue weighted by Gasteiger charge is -2.16. The van der Waals surface area contributed by atoms with Crippen molar-refractivity contribution in [3.8, 4) is 0 Å². The lowest BCUT2D eigenvalue weighted by Crippen LogP contribution is -2.31. The molecule has 0 aromatic carbocycles. The summed E-state index contributed by atoms with van der Waals surface area (Å²) in [6.45, 7) is 2.56. The minimum atomic E-state index is -0.451. The van der Waals surface area contributed by atoms with Crippen LogP contribution in [0.5, 0.6) is 0 Å². The number of nitrogens with zero attached hydrogens (tertiary/aromatic N) is 2. The second-order valence-electron chi connectivity index (χ2n) is 12.5. The van der Waals surface area contributed by atoms with E-state index in [9.17, 15) is 19.2 Å². The Balaban J connectivity index is 1.68. The molecule has 2 heterocycles. The molecule has 0 spiro atoms. The molecule has 2 rings (SSSR count). The Hall–Kier alpha value is -1.20. The van der Waals surface area contributed by atoms with Gasteiger partial charge < -0.3 is 11.5 Å². The first kappa shape index (κ1) is 38.0. The zero-order valence-electron chi connectivity index (χ0n) is 26.7. The number of allylic oxidation sites excluding steroid dienone is 1. The number of hydrogen-bond acceptors (Lipinski definition) is 6. The van der Waals surface area contributed by atoms with Crippen LogP contribution >= 0.6 is 17.2 Å². The van der Waals surface area contributed by atoms with Crippen molar-refractivity contribution in [2.75, 3.05) is 26.2 Å². The number of amides is 4. The first-order valence-electron chi connectivity index (χ1n) is 17.2. The van der Waals surface area contributed by atoms with E-state index in [0.717, 1.165) is 69.8 Å². The number of hydrogen-bond donors (Lipinski definition) is 2. The van der Waals surface area contributed by atoms with Gasteiger partial charge in [-0.05, 0) is 50.5 Å². The summed E-state index contributed by atoms with van der Waals surface area (Å²) in [6, 6.07) is 0. The first-order valence-corrected chi connectivity index (χ1v) is 20.0. The highest BCUT2D eigenvalue weighted by molar-refractivity contribution is 8.05. The topological polar surface area (TPSA) is 127 Å². The summed E-state index contributed by atoms with van der Waals surface area (Å²) >= 11 is 0. The van der Waals surface area contributed by atoms with Crippen molar-refractivity contribution in [1.82, 2.24) is 9.80 Å². The Morgan fingerprint density at radius 2 is 1.02 bits per heavy atom. The summed E-state index contributed by atoms with van der Waals surface area (Å²) in [6.07, 6.45) is 23.4. The molecule has 2 fully saturated rings. The molecule has 0 radical (unpaired) electrons. The second kappa shape index (κ2) is 23.2. The molecule has 4 amide bonds. The number of carbonyl (C=O) groups excluding carboxylic acids is 4. The minimum absolute atomic E-state index is 0.0776. The largest absolute Gasteiger partial charge is 0.330 e. The molecule has 2 aliphatic rings. The fraction of sp³-hybridized carbons (Fsp3) is 0.818. The molecule has 43 heavy (non-hydrogen) atoms. The summed E-state index contributed by atoms with van der Waals surface area (Å²) in [5.41, 5.74) is 11.1. The molecular weight excluding hydrogens is 578 g/mol. The van der Waals surface area contributed by atoms with Gasteiger partial charge in [-0.2, -0.15) is 0 Å². The molecule has 10 heteroatoms. The lowest BCUT2D eigenvalue weighted by molar-refractivity contribution is -0.140.